The second-order valence-electron chi connectivity index (χ2n) is 3.39. The molecule has 2 heteroatoms. The van der Waals surface area contributed by atoms with Crippen LogP contribution >= 0.6 is 0 Å². The fraction of sp³-hybridized carbons (Fsp3) is 0.500. The first-order valence-electron chi connectivity index (χ1n) is 4.95. The first-order valence-corrected chi connectivity index (χ1v) is 4.95. The third-order valence-corrected chi connectivity index (χ3v) is 1.99. The molecule has 0 saturated carbocycles. The van der Waals surface area contributed by atoms with Crippen LogP contribution in [0.2, 0.25) is 0 Å². The van der Waals surface area contributed by atoms with E-state index in [4.69, 9.17) is 9.47 Å². The smallest absolute Gasteiger partial charge is 0.0716 e. The molecule has 0 aromatic heterocycles. The average molecular weight is 194 g/mol. The van der Waals surface area contributed by atoms with Gasteiger partial charge in [0.1, 0.15) is 0 Å². The number of benzene rings is 1. The van der Waals surface area contributed by atoms with Crippen LogP contribution in [0.4, 0.5) is 0 Å². The van der Waals surface area contributed by atoms with Crippen LogP contribution in [-0.2, 0) is 16.1 Å². The molecule has 0 fully saturated rings. The lowest BCUT2D eigenvalue weighted by Crippen LogP contribution is -1.99. The Labute approximate surface area is 85.8 Å². The highest BCUT2D eigenvalue weighted by molar-refractivity contribution is 5.21. The Morgan fingerprint density at radius 3 is 2.79 bits per heavy atom. The number of hydrogen-bond acceptors (Lipinski definition) is 2. The topological polar surface area (TPSA) is 18.5 Å². The summed E-state index contributed by atoms with van der Waals surface area (Å²) in [5, 5.41) is 0. The van der Waals surface area contributed by atoms with Crippen molar-refractivity contribution in [2.75, 3.05) is 20.3 Å². The minimum atomic E-state index is 0.700. The summed E-state index contributed by atoms with van der Waals surface area (Å²) < 4.78 is 10.4. The van der Waals surface area contributed by atoms with E-state index in [1.165, 1.54) is 11.1 Å². The van der Waals surface area contributed by atoms with Crippen molar-refractivity contribution in [1.29, 1.82) is 0 Å². The first kappa shape index (κ1) is 11.2. The molecule has 0 heterocycles. The summed E-state index contributed by atoms with van der Waals surface area (Å²) in [6.07, 6.45) is 0.961. The summed E-state index contributed by atoms with van der Waals surface area (Å²) in [4.78, 5) is 0. The summed E-state index contributed by atoms with van der Waals surface area (Å²) in [6, 6.07) is 8.39. The van der Waals surface area contributed by atoms with Crippen molar-refractivity contribution in [3.05, 3.63) is 35.4 Å². The summed E-state index contributed by atoms with van der Waals surface area (Å²) in [5.74, 6) is 0. The van der Waals surface area contributed by atoms with E-state index >= 15 is 0 Å². The highest BCUT2D eigenvalue weighted by atomic mass is 16.5. The largest absolute Gasteiger partial charge is 0.385 e. The van der Waals surface area contributed by atoms with E-state index in [0.29, 0.717) is 6.61 Å². The third kappa shape index (κ3) is 4.40. The van der Waals surface area contributed by atoms with Gasteiger partial charge >= 0.3 is 0 Å². The second-order valence-corrected chi connectivity index (χ2v) is 3.39. The molecule has 78 valence electrons. The molecule has 0 aliphatic carbocycles. The zero-order valence-corrected chi connectivity index (χ0v) is 8.95. The number of rotatable bonds is 6. The van der Waals surface area contributed by atoms with Gasteiger partial charge in [-0.1, -0.05) is 29.8 Å². The maximum Gasteiger partial charge on any atom is 0.0716 e. The van der Waals surface area contributed by atoms with Gasteiger partial charge in [-0.05, 0) is 18.9 Å². The maximum atomic E-state index is 5.50. The van der Waals surface area contributed by atoms with E-state index in [1.807, 2.05) is 0 Å². The standard InChI is InChI=1S/C12H18O2/c1-11-5-3-6-12(9-11)10-14-8-4-7-13-2/h3,5-6,9H,4,7-8,10H2,1-2H3. The monoisotopic (exact) mass is 194 g/mol. The molecule has 0 aliphatic heterocycles. The minimum Gasteiger partial charge on any atom is -0.385 e. The quantitative estimate of drug-likeness (QED) is 0.648. The van der Waals surface area contributed by atoms with E-state index in [1.54, 1.807) is 7.11 Å². The molecule has 0 spiro atoms. The Balaban J connectivity index is 2.18. The minimum absolute atomic E-state index is 0.700. The van der Waals surface area contributed by atoms with Crippen molar-refractivity contribution in [2.45, 2.75) is 20.0 Å². The molecule has 0 unspecified atom stereocenters. The molecular weight excluding hydrogens is 176 g/mol. The van der Waals surface area contributed by atoms with Gasteiger partial charge in [0, 0.05) is 20.3 Å². The van der Waals surface area contributed by atoms with Crippen LogP contribution in [0.15, 0.2) is 24.3 Å². The van der Waals surface area contributed by atoms with Gasteiger partial charge in [-0.15, -0.1) is 0 Å². The predicted octanol–water partition coefficient (Wildman–Crippen LogP) is 2.55. The van der Waals surface area contributed by atoms with Crippen LogP contribution in [0.1, 0.15) is 17.5 Å². The Kier molecular flexibility index (Phi) is 5.27. The SMILES string of the molecule is COCCCOCc1cccc(C)c1. The summed E-state index contributed by atoms with van der Waals surface area (Å²) in [7, 11) is 1.71. The molecule has 0 saturated heterocycles. The molecule has 0 atom stereocenters. The lowest BCUT2D eigenvalue weighted by Gasteiger charge is -2.04. The summed E-state index contributed by atoms with van der Waals surface area (Å²) >= 11 is 0. The number of ether oxygens (including phenoxy) is 2. The van der Waals surface area contributed by atoms with Crippen molar-refractivity contribution in [3.63, 3.8) is 0 Å². The Bertz CT molecular complexity index is 258. The van der Waals surface area contributed by atoms with Gasteiger partial charge in [-0.2, -0.15) is 0 Å². The van der Waals surface area contributed by atoms with Crippen LogP contribution < -0.4 is 0 Å². The predicted molar refractivity (Wildman–Crippen MR) is 57.3 cm³/mol. The Hall–Kier alpha value is -0.860. The molecule has 1 aromatic carbocycles. The van der Waals surface area contributed by atoms with Gasteiger partial charge in [-0.3, -0.25) is 0 Å². The molecule has 0 radical (unpaired) electrons. The van der Waals surface area contributed by atoms with Crippen LogP contribution in [-0.4, -0.2) is 20.3 Å². The van der Waals surface area contributed by atoms with Crippen molar-refractivity contribution in [1.82, 2.24) is 0 Å². The van der Waals surface area contributed by atoms with E-state index in [0.717, 1.165) is 19.6 Å². The van der Waals surface area contributed by atoms with Gasteiger partial charge in [0.15, 0.2) is 0 Å². The second kappa shape index (κ2) is 6.57. The van der Waals surface area contributed by atoms with E-state index < -0.39 is 0 Å². The van der Waals surface area contributed by atoms with Crippen LogP contribution in [0.3, 0.4) is 0 Å². The summed E-state index contributed by atoms with van der Waals surface area (Å²) in [5.41, 5.74) is 2.52. The van der Waals surface area contributed by atoms with Crippen LogP contribution in [0.5, 0.6) is 0 Å². The molecule has 1 rings (SSSR count). The normalized spacial score (nSPS) is 10.4. The van der Waals surface area contributed by atoms with Crippen molar-refractivity contribution < 1.29 is 9.47 Å². The van der Waals surface area contributed by atoms with Crippen molar-refractivity contribution in [3.8, 4) is 0 Å². The molecule has 2 nitrogen and oxygen atoms in total. The molecule has 0 N–H and O–H groups in total. The fourth-order valence-electron chi connectivity index (χ4n) is 1.30. The highest BCUT2D eigenvalue weighted by Gasteiger charge is 1.93. The number of methoxy groups -OCH3 is 1. The zero-order chi connectivity index (χ0) is 10.2. The molecular formula is C12H18O2. The van der Waals surface area contributed by atoms with Gasteiger partial charge in [0.2, 0.25) is 0 Å². The molecule has 0 bridgehead atoms. The van der Waals surface area contributed by atoms with E-state index in [2.05, 4.69) is 31.2 Å². The number of hydrogen-bond donors (Lipinski definition) is 0. The third-order valence-electron chi connectivity index (χ3n) is 1.99. The lowest BCUT2D eigenvalue weighted by atomic mass is 10.1. The van der Waals surface area contributed by atoms with Crippen LogP contribution in [0.25, 0.3) is 0 Å². The fourth-order valence-corrected chi connectivity index (χ4v) is 1.30. The van der Waals surface area contributed by atoms with Gasteiger partial charge in [-0.25, -0.2) is 0 Å². The summed E-state index contributed by atoms with van der Waals surface area (Å²) in [6.45, 7) is 4.33. The lowest BCUT2D eigenvalue weighted by molar-refractivity contribution is 0.0928. The van der Waals surface area contributed by atoms with Crippen molar-refractivity contribution >= 4 is 0 Å². The first-order chi connectivity index (χ1) is 6.83. The maximum absolute atomic E-state index is 5.50. The average Bonchev–Trinajstić information content (AvgIpc) is 2.18. The van der Waals surface area contributed by atoms with Gasteiger partial charge in [0.25, 0.3) is 0 Å². The number of aryl methyl sites for hydroxylation is 1. The molecule has 1 aromatic rings. The van der Waals surface area contributed by atoms with Gasteiger partial charge in [0.05, 0.1) is 6.61 Å². The van der Waals surface area contributed by atoms with E-state index in [-0.39, 0.29) is 0 Å². The van der Waals surface area contributed by atoms with E-state index in [9.17, 15) is 0 Å². The molecule has 0 aliphatic rings. The van der Waals surface area contributed by atoms with Crippen LogP contribution in [0, 0.1) is 6.92 Å². The highest BCUT2D eigenvalue weighted by Crippen LogP contribution is 2.05. The Morgan fingerprint density at radius 2 is 2.07 bits per heavy atom. The Morgan fingerprint density at radius 1 is 1.21 bits per heavy atom. The van der Waals surface area contributed by atoms with Gasteiger partial charge < -0.3 is 9.47 Å². The zero-order valence-electron chi connectivity index (χ0n) is 8.95. The molecule has 0 amide bonds. The molecule has 14 heavy (non-hydrogen) atoms. The van der Waals surface area contributed by atoms with Crippen molar-refractivity contribution in [2.24, 2.45) is 0 Å².